The van der Waals surface area contributed by atoms with Crippen molar-refractivity contribution >= 4 is 0 Å². The molecule has 2 N–H and O–H groups in total. The van der Waals surface area contributed by atoms with Gasteiger partial charge in [0.2, 0.25) is 0 Å². The molecule has 1 aliphatic carbocycles. The van der Waals surface area contributed by atoms with Crippen LogP contribution < -0.4 is 5.73 Å². The van der Waals surface area contributed by atoms with E-state index < -0.39 is 0 Å². The number of aryl methyl sites for hydroxylation is 1. The molecular weight excluding hydrogens is 212 g/mol. The summed E-state index contributed by atoms with van der Waals surface area (Å²) in [7, 11) is 0. The molecule has 1 heterocycles. The first-order valence-corrected chi connectivity index (χ1v) is 6.80. The van der Waals surface area contributed by atoms with Gasteiger partial charge in [-0.05, 0) is 19.3 Å². The summed E-state index contributed by atoms with van der Waals surface area (Å²) in [6.07, 6.45) is 12.5. The second-order valence-electron chi connectivity index (χ2n) is 4.92. The summed E-state index contributed by atoms with van der Waals surface area (Å²) < 4.78 is 2.15. The molecule has 0 spiro atoms. The van der Waals surface area contributed by atoms with Gasteiger partial charge in [-0.2, -0.15) is 0 Å². The fourth-order valence-corrected chi connectivity index (χ4v) is 2.79. The van der Waals surface area contributed by atoms with Crippen LogP contribution in [0, 0.1) is 0 Å². The van der Waals surface area contributed by atoms with Crippen LogP contribution in [-0.4, -0.2) is 40.1 Å². The van der Waals surface area contributed by atoms with Gasteiger partial charge < -0.3 is 10.3 Å². The molecule has 1 aromatic heterocycles. The van der Waals surface area contributed by atoms with Crippen LogP contribution in [-0.2, 0) is 6.54 Å². The SMILES string of the molecule is NCCN(CCCn1ccnc1)C1CCCC1. The zero-order chi connectivity index (χ0) is 11.9. The first-order valence-electron chi connectivity index (χ1n) is 6.80. The van der Waals surface area contributed by atoms with E-state index in [1.807, 2.05) is 18.7 Å². The highest BCUT2D eigenvalue weighted by Crippen LogP contribution is 2.23. The first kappa shape index (κ1) is 12.6. The average molecular weight is 236 g/mol. The zero-order valence-corrected chi connectivity index (χ0v) is 10.6. The predicted molar refractivity (Wildman–Crippen MR) is 69.7 cm³/mol. The van der Waals surface area contributed by atoms with E-state index in [0.717, 1.165) is 25.7 Å². The maximum absolute atomic E-state index is 5.71. The van der Waals surface area contributed by atoms with Gasteiger partial charge in [-0.1, -0.05) is 12.8 Å². The lowest BCUT2D eigenvalue weighted by atomic mass is 10.2. The summed E-state index contributed by atoms with van der Waals surface area (Å²) in [4.78, 5) is 6.65. The van der Waals surface area contributed by atoms with Crippen molar-refractivity contribution in [1.29, 1.82) is 0 Å². The number of hydrogen-bond acceptors (Lipinski definition) is 3. The number of aromatic nitrogens is 2. The van der Waals surface area contributed by atoms with Crippen molar-refractivity contribution in [3.8, 4) is 0 Å². The van der Waals surface area contributed by atoms with Gasteiger partial charge in [-0.15, -0.1) is 0 Å². The van der Waals surface area contributed by atoms with E-state index in [2.05, 4.69) is 14.5 Å². The standard InChI is InChI=1S/C13H24N4/c14-6-10-17(13-4-1-2-5-13)9-3-8-16-11-7-15-12-16/h7,11-13H,1-6,8-10,14H2. The van der Waals surface area contributed by atoms with Crippen molar-refractivity contribution in [2.24, 2.45) is 5.73 Å². The molecule has 0 aromatic carbocycles. The van der Waals surface area contributed by atoms with E-state index in [1.54, 1.807) is 0 Å². The van der Waals surface area contributed by atoms with Crippen LogP contribution in [0.1, 0.15) is 32.1 Å². The fourth-order valence-electron chi connectivity index (χ4n) is 2.79. The summed E-state index contributed by atoms with van der Waals surface area (Å²) >= 11 is 0. The Morgan fingerprint density at radius 1 is 1.29 bits per heavy atom. The van der Waals surface area contributed by atoms with Crippen molar-refractivity contribution in [2.45, 2.75) is 44.7 Å². The van der Waals surface area contributed by atoms with Crippen LogP contribution in [0.5, 0.6) is 0 Å². The number of nitrogens with zero attached hydrogens (tertiary/aromatic N) is 3. The van der Waals surface area contributed by atoms with Crippen molar-refractivity contribution < 1.29 is 0 Å². The summed E-state index contributed by atoms with van der Waals surface area (Å²) in [6.45, 7) is 4.06. The van der Waals surface area contributed by atoms with E-state index >= 15 is 0 Å². The Morgan fingerprint density at radius 2 is 2.12 bits per heavy atom. The van der Waals surface area contributed by atoms with Gasteiger partial charge in [-0.25, -0.2) is 4.98 Å². The third kappa shape index (κ3) is 3.82. The van der Waals surface area contributed by atoms with Gasteiger partial charge in [0, 0.05) is 44.6 Å². The Balaban J connectivity index is 1.73. The van der Waals surface area contributed by atoms with Crippen LogP contribution in [0.4, 0.5) is 0 Å². The lowest BCUT2D eigenvalue weighted by Crippen LogP contribution is -2.38. The van der Waals surface area contributed by atoms with Crippen LogP contribution in [0.3, 0.4) is 0 Å². The van der Waals surface area contributed by atoms with Gasteiger partial charge >= 0.3 is 0 Å². The fraction of sp³-hybridized carbons (Fsp3) is 0.769. The molecule has 0 saturated heterocycles. The molecule has 1 aliphatic rings. The maximum Gasteiger partial charge on any atom is 0.0945 e. The van der Waals surface area contributed by atoms with Crippen LogP contribution in [0.15, 0.2) is 18.7 Å². The molecule has 17 heavy (non-hydrogen) atoms. The highest BCUT2D eigenvalue weighted by atomic mass is 15.2. The maximum atomic E-state index is 5.71. The second-order valence-corrected chi connectivity index (χ2v) is 4.92. The van der Waals surface area contributed by atoms with Gasteiger partial charge in [0.1, 0.15) is 0 Å². The summed E-state index contributed by atoms with van der Waals surface area (Å²) in [6, 6.07) is 0.793. The molecule has 1 fully saturated rings. The lowest BCUT2D eigenvalue weighted by molar-refractivity contribution is 0.198. The van der Waals surface area contributed by atoms with E-state index in [9.17, 15) is 0 Å². The van der Waals surface area contributed by atoms with E-state index in [1.165, 1.54) is 38.6 Å². The molecular formula is C13H24N4. The average Bonchev–Trinajstić information content (AvgIpc) is 3.01. The number of nitrogens with two attached hydrogens (primary N) is 1. The van der Waals surface area contributed by atoms with E-state index in [4.69, 9.17) is 5.73 Å². The molecule has 0 aliphatic heterocycles. The third-order valence-corrected chi connectivity index (χ3v) is 3.68. The third-order valence-electron chi connectivity index (χ3n) is 3.68. The minimum absolute atomic E-state index is 0.779. The minimum atomic E-state index is 0.779. The van der Waals surface area contributed by atoms with Crippen LogP contribution >= 0.6 is 0 Å². The van der Waals surface area contributed by atoms with Crippen LogP contribution in [0.25, 0.3) is 0 Å². The molecule has 96 valence electrons. The van der Waals surface area contributed by atoms with Crippen molar-refractivity contribution in [3.05, 3.63) is 18.7 Å². The Morgan fingerprint density at radius 3 is 2.76 bits per heavy atom. The molecule has 0 bridgehead atoms. The first-order chi connectivity index (χ1) is 8.40. The molecule has 4 nitrogen and oxygen atoms in total. The topological polar surface area (TPSA) is 47.1 Å². The number of hydrogen-bond donors (Lipinski definition) is 1. The summed E-state index contributed by atoms with van der Waals surface area (Å²) in [5.41, 5.74) is 5.71. The predicted octanol–water partition coefficient (Wildman–Crippen LogP) is 1.48. The van der Waals surface area contributed by atoms with Crippen molar-refractivity contribution in [2.75, 3.05) is 19.6 Å². The molecule has 0 amide bonds. The lowest BCUT2D eigenvalue weighted by Gasteiger charge is -2.28. The molecule has 2 rings (SSSR count). The van der Waals surface area contributed by atoms with Gasteiger partial charge in [0.15, 0.2) is 0 Å². The normalized spacial score (nSPS) is 17.1. The molecule has 4 heteroatoms. The number of imidazole rings is 1. The number of rotatable bonds is 7. The highest BCUT2D eigenvalue weighted by Gasteiger charge is 2.21. The smallest absolute Gasteiger partial charge is 0.0945 e. The quantitative estimate of drug-likeness (QED) is 0.780. The molecule has 1 saturated carbocycles. The molecule has 0 radical (unpaired) electrons. The summed E-state index contributed by atoms with van der Waals surface area (Å²) in [5, 5.41) is 0. The van der Waals surface area contributed by atoms with Gasteiger partial charge in [-0.3, -0.25) is 4.90 Å². The molecule has 1 aromatic rings. The van der Waals surface area contributed by atoms with E-state index in [0.29, 0.717) is 0 Å². The minimum Gasteiger partial charge on any atom is -0.337 e. The van der Waals surface area contributed by atoms with Gasteiger partial charge in [0.25, 0.3) is 0 Å². The highest BCUT2D eigenvalue weighted by molar-refractivity contribution is 4.78. The van der Waals surface area contributed by atoms with Gasteiger partial charge in [0.05, 0.1) is 6.33 Å². The van der Waals surface area contributed by atoms with Crippen molar-refractivity contribution in [1.82, 2.24) is 14.5 Å². The van der Waals surface area contributed by atoms with E-state index in [-0.39, 0.29) is 0 Å². The molecule has 0 unspecified atom stereocenters. The summed E-state index contributed by atoms with van der Waals surface area (Å²) in [5.74, 6) is 0. The molecule has 0 atom stereocenters. The van der Waals surface area contributed by atoms with Crippen LogP contribution in [0.2, 0.25) is 0 Å². The largest absolute Gasteiger partial charge is 0.337 e. The van der Waals surface area contributed by atoms with Crippen molar-refractivity contribution in [3.63, 3.8) is 0 Å². The Labute approximate surface area is 104 Å². The monoisotopic (exact) mass is 236 g/mol. The Kier molecular flexibility index (Phi) is 5.01. The Bertz CT molecular complexity index is 290. The Hall–Kier alpha value is -0.870. The second kappa shape index (κ2) is 6.77. The zero-order valence-electron chi connectivity index (χ0n) is 10.6.